The van der Waals surface area contributed by atoms with Crippen molar-refractivity contribution in [1.29, 1.82) is 0 Å². The number of hydrogen-bond acceptors (Lipinski definition) is 9. The van der Waals surface area contributed by atoms with Gasteiger partial charge in [0.25, 0.3) is 0 Å². The Balaban J connectivity index is 1.52. The smallest absolute Gasteiger partial charge is 0.339 e. The number of nitrogens with zero attached hydrogens (tertiary/aromatic N) is 3. The fourth-order valence-corrected chi connectivity index (χ4v) is 5.33. The molecule has 2 aromatic heterocycles. The van der Waals surface area contributed by atoms with Crippen molar-refractivity contribution in [2.45, 2.75) is 12.1 Å². The molecule has 4 rings (SSSR count). The molecule has 1 amide bonds. The van der Waals surface area contributed by atoms with Gasteiger partial charge in [-0.3, -0.25) is 4.79 Å². The number of carbonyl (C=O) groups excluding carboxylic acids is 3. The Kier molecular flexibility index (Phi) is 8.04. The predicted molar refractivity (Wildman–Crippen MR) is 143 cm³/mol. The van der Waals surface area contributed by atoms with Gasteiger partial charge in [-0.05, 0) is 30.7 Å². The molecule has 0 aliphatic rings. The summed E-state index contributed by atoms with van der Waals surface area (Å²) in [5.41, 5.74) is 3.65. The van der Waals surface area contributed by atoms with Gasteiger partial charge < -0.3 is 19.4 Å². The first-order valence-corrected chi connectivity index (χ1v) is 13.0. The van der Waals surface area contributed by atoms with Crippen LogP contribution in [0.3, 0.4) is 0 Å². The van der Waals surface area contributed by atoms with Crippen LogP contribution in [0.5, 0.6) is 0 Å². The normalized spacial score (nSPS) is 10.7. The number of thioether (sulfide) groups is 1. The van der Waals surface area contributed by atoms with Gasteiger partial charge in [-0.25, -0.2) is 9.59 Å². The minimum absolute atomic E-state index is 0.00322. The van der Waals surface area contributed by atoms with E-state index in [9.17, 15) is 14.4 Å². The molecule has 0 bridgehead atoms. The third kappa shape index (κ3) is 5.57. The number of aromatic nitrogens is 3. The summed E-state index contributed by atoms with van der Waals surface area (Å²) in [5, 5.41) is 14.0. The van der Waals surface area contributed by atoms with Crippen molar-refractivity contribution >= 4 is 46.6 Å². The zero-order valence-electron chi connectivity index (χ0n) is 20.6. The molecule has 0 unspecified atom stereocenters. The quantitative estimate of drug-likeness (QED) is 0.252. The van der Waals surface area contributed by atoms with E-state index in [0.717, 1.165) is 16.7 Å². The van der Waals surface area contributed by atoms with Gasteiger partial charge in [0.15, 0.2) is 11.0 Å². The number of anilines is 1. The number of hydrogen-bond donors (Lipinski definition) is 1. The molecule has 0 atom stereocenters. The van der Waals surface area contributed by atoms with Crippen molar-refractivity contribution in [3.05, 3.63) is 69.9 Å². The van der Waals surface area contributed by atoms with Gasteiger partial charge in [0, 0.05) is 28.4 Å². The maximum absolute atomic E-state index is 12.8. The number of benzene rings is 2. The SMILES string of the molecule is COC(=O)c1ccc(C(=O)OC)c(NC(=O)CSc2nnc(-c3csc(C)c3-c3ccccc3)n2C)c1. The zero-order chi connectivity index (χ0) is 26.5. The maximum atomic E-state index is 12.8. The largest absolute Gasteiger partial charge is 0.465 e. The second-order valence-electron chi connectivity index (χ2n) is 7.89. The minimum Gasteiger partial charge on any atom is -0.465 e. The zero-order valence-corrected chi connectivity index (χ0v) is 22.2. The van der Waals surface area contributed by atoms with E-state index in [4.69, 9.17) is 9.47 Å². The molecule has 0 fully saturated rings. The summed E-state index contributed by atoms with van der Waals surface area (Å²) in [5.74, 6) is -0.921. The lowest BCUT2D eigenvalue weighted by atomic mass is 10.0. The first kappa shape index (κ1) is 26.1. The molecule has 0 saturated heterocycles. The van der Waals surface area contributed by atoms with Crippen molar-refractivity contribution in [2.24, 2.45) is 7.05 Å². The summed E-state index contributed by atoms with van der Waals surface area (Å²) in [7, 11) is 4.34. The molecule has 0 saturated carbocycles. The number of carbonyl (C=O) groups is 3. The molecular formula is C26H24N4O5S2. The summed E-state index contributed by atoms with van der Waals surface area (Å²) in [6.45, 7) is 2.07. The standard InChI is InChI=1S/C26H24N4O5S2/c1-15-22(16-8-6-5-7-9-16)19(13-36-15)23-28-29-26(30(23)2)37-14-21(31)27-20-12-17(24(32)34-3)10-11-18(20)25(33)35-4/h5-13H,14H2,1-4H3,(H,27,31). The summed E-state index contributed by atoms with van der Waals surface area (Å²) in [6.07, 6.45) is 0. The third-order valence-corrected chi connectivity index (χ3v) is 7.50. The molecule has 0 radical (unpaired) electrons. The Morgan fingerprint density at radius 3 is 2.46 bits per heavy atom. The topological polar surface area (TPSA) is 112 Å². The Morgan fingerprint density at radius 2 is 1.76 bits per heavy atom. The lowest BCUT2D eigenvalue weighted by Gasteiger charge is -2.11. The Hall–Kier alpha value is -3.96. The van der Waals surface area contributed by atoms with E-state index >= 15 is 0 Å². The highest BCUT2D eigenvalue weighted by Crippen LogP contribution is 2.38. The van der Waals surface area contributed by atoms with Crippen LogP contribution in [-0.4, -0.2) is 52.6 Å². The van der Waals surface area contributed by atoms with Gasteiger partial charge in [0.1, 0.15) is 0 Å². The number of nitrogens with one attached hydrogen (secondary N) is 1. The van der Waals surface area contributed by atoms with Gasteiger partial charge in [-0.2, -0.15) is 0 Å². The molecule has 190 valence electrons. The van der Waals surface area contributed by atoms with Gasteiger partial charge in [-0.1, -0.05) is 42.1 Å². The molecule has 0 spiro atoms. The summed E-state index contributed by atoms with van der Waals surface area (Å²) in [6, 6.07) is 14.3. The number of ether oxygens (including phenoxy) is 2. The van der Waals surface area contributed by atoms with E-state index in [1.54, 1.807) is 11.3 Å². The second-order valence-corrected chi connectivity index (χ2v) is 9.92. The number of methoxy groups -OCH3 is 2. The molecule has 0 aliphatic carbocycles. The molecule has 37 heavy (non-hydrogen) atoms. The lowest BCUT2D eigenvalue weighted by molar-refractivity contribution is -0.113. The Bertz CT molecular complexity index is 1460. The van der Waals surface area contributed by atoms with Crippen LogP contribution in [0.25, 0.3) is 22.5 Å². The fraction of sp³-hybridized carbons (Fsp3) is 0.192. The molecule has 1 N–H and O–H groups in total. The van der Waals surface area contributed by atoms with Crippen LogP contribution in [0.1, 0.15) is 25.6 Å². The Labute approximate surface area is 221 Å². The second kappa shape index (κ2) is 11.4. The number of thiophene rings is 1. The van der Waals surface area contributed by atoms with Crippen LogP contribution in [0, 0.1) is 6.92 Å². The van der Waals surface area contributed by atoms with Crippen LogP contribution in [0.2, 0.25) is 0 Å². The van der Waals surface area contributed by atoms with Crippen LogP contribution in [0.15, 0.2) is 59.1 Å². The fourth-order valence-electron chi connectivity index (χ4n) is 3.75. The monoisotopic (exact) mass is 536 g/mol. The highest BCUT2D eigenvalue weighted by molar-refractivity contribution is 7.99. The van der Waals surface area contributed by atoms with Crippen LogP contribution < -0.4 is 5.32 Å². The predicted octanol–water partition coefficient (Wildman–Crippen LogP) is 4.82. The van der Waals surface area contributed by atoms with Crippen LogP contribution >= 0.6 is 23.1 Å². The van der Waals surface area contributed by atoms with E-state index in [2.05, 4.69) is 40.0 Å². The van der Waals surface area contributed by atoms with Crippen molar-refractivity contribution in [1.82, 2.24) is 14.8 Å². The van der Waals surface area contributed by atoms with Gasteiger partial charge in [0.2, 0.25) is 5.91 Å². The van der Waals surface area contributed by atoms with E-state index in [-0.39, 0.29) is 22.6 Å². The van der Waals surface area contributed by atoms with Crippen molar-refractivity contribution in [2.75, 3.05) is 25.3 Å². The molecule has 0 aliphatic heterocycles. The molecule has 4 aromatic rings. The molecule has 2 heterocycles. The van der Waals surface area contributed by atoms with E-state index < -0.39 is 17.8 Å². The van der Waals surface area contributed by atoms with E-state index in [1.807, 2.05) is 29.8 Å². The average Bonchev–Trinajstić information content (AvgIpc) is 3.48. The van der Waals surface area contributed by atoms with Crippen LogP contribution in [-0.2, 0) is 21.3 Å². The third-order valence-electron chi connectivity index (χ3n) is 5.57. The van der Waals surface area contributed by atoms with E-state index in [0.29, 0.717) is 11.0 Å². The highest BCUT2D eigenvalue weighted by Gasteiger charge is 2.21. The summed E-state index contributed by atoms with van der Waals surface area (Å²) < 4.78 is 11.4. The molecule has 2 aromatic carbocycles. The lowest BCUT2D eigenvalue weighted by Crippen LogP contribution is -2.18. The minimum atomic E-state index is -0.641. The first-order chi connectivity index (χ1) is 17.8. The maximum Gasteiger partial charge on any atom is 0.339 e. The Morgan fingerprint density at radius 1 is 1.03 bits per heavy atom. The summed E-state index contributed by atoms with van der Waals surface area (Å²) in [4.78, 5) is 38.0. The van der Waals surface area contributed by atoms with Crippen molar-refractivity contribution < 1.29 is 23.9 Å². The number of aryl methyl sites for hydroxylation is 1. The van der Waals surface area contributed by atoms with Crippen molar-refractivity contribution in [3.63, 3.8) is 0 Å². The molecular weight excluding hydrogens is 512 g/mol. The van der Waals surface area contributed by atoms with Crippen LogP contribution in [0.4, 0.5) is 5.69 Å². The number of rotatable bonds is 8. The first-order valence-electron chi connectivity index (χ1n) is 11.1. The molecule has 9 nitrogen and oxygen atoms in total. The van der Waals surface area contributed by atoms with Gasteiger partial charge in [-0.15, -0.1) is 21.5 Å². The number of amides is 1. The van der Waals surface area contributed by atoms with Gasteiger partial charge in [0.05, 0.1) is 36.8 Å². The molecule has 11 heteroatoms. The summed E-state index contributed by atoms with van der Waals surface area (Å²) >= 11 is 2.85. The average molecular weight is 537 g/mol. The highest BCUT2D eigenvalue weighted by atomic mass is 32.2. The van der Waals surface area contributed by atoms with E-state index in [1.165, 1.54) is 49.1 Å². The van der Waals surface area contributed by atoms with Crippen molar-refractivity contribution in [3.8, 4) is 22.5 Å². The van der Waals surface area contributed by atoms with Gasteiger partial charge >= 0.3 is 11.9 Å². The number of esters is 2.